The Balaban J connectivity index is 1.19. The number of hydrogen-bond donors (Lipinski definition) is 0. The third-order valence-corrected chi connectivity index (χ3v) is 11.1. The monoisotopic (exact) mass is 725 g/mol. The van der Waals surface area contributed by atoms with Crippen molar-refractivity contribution in [2.75, 3.05) is 4.90 Å². The fraction of sp³-hybridized carbons (Fsp3) is 0. The van der Waals surface area contributed by atoms with E-state index in [1.165, 1.54) is 71.6 Å². The molecule has 1 nitrogen and oxygen atoms in total. The average Bonchev–Trinajstić information content (AvgIpc) is 3.30. The van der Waals surface area contributed by atoms with Crippen molar-refractivity contribution in [3.63, 3.8) is 0 Å². The first kappa shape index (κ1) is 34.0. The highest BCUT2D eigenvalue weighted by atomic mass is 15.1. The quantitative estimate of drug-likeness (QED) is 0.141. The van der Waals surface area contributed by atoms with Gasteiger partial charge in [0.15, 0.2) is 0 Å². The van der Waals surface area contributed by atoms with Gasteiger partial charge >= 0.3 is 0 Å². The van der Waals surface area contributed by atoms with E-state index in [1.54, 1.807) is 0 Å². The highest BCUT2D eigenvalue weighted by molar-refractivity contribution is 6.15. The molecule has 0 radical (unpaired) electrons. The number of rotatable bonds is 8. The van der Waals surface area contributed by atoms with Crippen LogP contribution in [-0.2, 0) is 0 Å². The first-order valence-electron chi connectivity index (χ1n) is 19.6. The molecule has 0 bridgehead atoms. The summed E-state index contributed by atoms with van der Waals surface area (Å²) in [5.74, 6) is 0. The zero-order chi connectivity index (χ0) is 38.0. The number of hydrogen-bond acceptors (Lipinski definition) is 1. The third-order valence-electron chi connectivity index (χ3n) is 11.1. The molecule has 0 unspecified atom stereocenters. The summed E-state index contributed by atoms with van der Waals surface area (Å²) >= 11 is 0. The summed E-state index contributed by atoms with van der Waals surface area (Å²) in [4.78, 5) is 2.47. The first-order chi connectivity index (χ1) is 28.3. The van der Waals surface area contributed by atoms with E-state index < -0.39 is 0 Å². The summed E-state index contributed by atoms with van der Waals surface area (Å²) in [5, 5.41) is 4.89. The van der Waals surface area contributed by atoms with Crippen LogP contribution in [0.1, 0.15) is 0 Å². The average molecular weight is 726 g/mol. The topological polar surface area (TPSA) is 3.24 Å². The van der Waals surface area contributed by atoms with Gasteiger partial charge in [-0.05, 0) is 90.5 Å². The van der Waals surface area contributed by atoms with Crippen molar-refractivity contribution >= 4 is 38.6 Å². The highest BCUT2D eigenvalue weighted by Crippen LogP contribution is 2.48. The van der Waals surface area contributed by atoms with E-state index in [9.17, 15) is 0 Å². The largest absolute Gasteiger partial charge is 0.309 e. The Bertz CT molecular complexity index is 3000. The molecule has 0 heterocycles. The van der Waals surface area contributed by atoms with Crippen molar-refractivity contribution in [2.45, 2.75) is 0 Å². The Labute approximate surface area is 334 Å². The van der Waals surface area contributed by atoms with Gasteiger partial charge in [-0.15, -0.1) is 0 Å². The van der Waals surface area contributed by atoms with Gasteiger partial charge in [-0.1, -0.05) is 212 Å². The zero-order valence-electron chi connectivity index (χ0n) is 31.5. The molecule has 0 aliphatic rings. The van der Waals surface area contributed by atoms with E-state index in [1.807, 2.05) is 0 Å². The zero-order valence-corrected chi connectivity index (χ0v) is 31.5. The Kier molecular flexibility index (Phi) is 8.95. The molecule has 268 valence electrons. The van der Waals surface area contributed by atoms with Gasteiger partial charge in [0.05, 0.1) is 11.4 Å². The third kappa shape index (κ3) is 6.36. The fourth-order valence-corrected chi connectivity index (χ4v) is 8.46. The van der Waals surface area contributed by atoms with Crippen LogP contribution in [0, 0.1) is 0 Å². The molecule has 0 N–H and O–H groups in total. The van der Waals surface area contributed by atoms with Crippen molar-refractivity contribution in [2.24, 2.45) is 0 Å². The highest BCUT2D eigenvalue weighted by Gasteiger charge is 2.22. The van der Waals surface area contributed by atoms with Crippen LogP contribution >= 0.6 is 0 Å². The Morgan fingerprint density at radius 2 is 0.614 bits per heavy atom. The van der Waals surface area contributed by atoms with Gasteiger partial charge in [0.2, 0.25) is 0 Å². The van der Waals surface area contributed by atoms with Gasteiger partial charge in [0.1, 0.15) is 0 Å². The molecule has 10 aromatic carbocycles. The lowest BCUT2D eigenvalue weighted by Crippen LogP contribution is -2.12. The smallest absolute Gasteiger partial charge is 0.0546 e. The van der Waals surface area contributed by atoms with Crippen molar-refractivity contribution in [3.05, 3.63) is 237 Å². The van der Waals surface area contributed by atoms with Gasteiger partial charge in [-0.2, -0.15) is 0 Å². The Morgan fingerprint density at radius 3 is 1.21 bits per heavy atom. The summed E-state index contributed by atoms with van der Waals surface area (Å²) in [5.41, 5.74) is 15.3. The van der Waals surface area contributed by atoms with Crippen molar-refractivity contribution in [1.29, 1.82) is 0 Å². The van der Waals surface area contributed by atoms with Gasteiger partial charge in [0.25, 0.3) is 0 Å². The lowest BCUT2D eigenvalue weighted by molar-refractivity contribution is 1.30. The molecule has 0 amide bonds. The summed E-state index contributed by atoms with van der Waals surface area (Å²) in [7, 11) is 0. The van der Waals surface area contributed by atoms with Crippen molar-refractivity contribution in [3.8, 4) is 55.6 Å². The number of anilines is 3. The van der Waals surface area contributed by atoms with Crippen LogP contribution in [0.5, 0.6) is 0 Å². The van der Waals surface area contributed by atoms with Gasteiger partial charge in [-0.3, -0.25) is 0 Å². The molecule has 0 atom stereocenters. The number of benzene rings is 10. The lowest BCUT2D eigenvalue weighted by Gasteiger charge is -2.30. The summed E-state index contributed by atoms with van der Waals surface area (Å²) in [6.07, 6.45) is 0. The molecule has 0 saturated carbocycles. The van der Waals surface area contributed by atoms with E-state index in [2.05, 4.69) is 241 Å². The lowest BCUT2D eigenvalue weighted by atomic mass is 9.88. The SMILES string of the molecule is c1ccc(-c2ccccc2-c2ccc(N(c3ccccc3-c3ccccc3-c3ccccc3-c3ccccc3)c3cc4ccccc4c4ccccc34)cc2)cc1. The second-order valence-electron chi connectivity index (χ2n) is 14.4. The minimum Gasteiger partial charge on any atom is -0.309 e. The molecule has 0 fully saturated rings. The normalized spacial score (nSPS) is 11.2. The van der Waals surface area contributed by atoms with Crippen LogP contribution in [0.3, 0.4) is 0 Å². The molecule has 0 saturated heterocycles. The standard InChI is InChI=1S/C56H39N/c1-3-19-40(20-4-1)45-24-9-10-25-46(45)42-35-37-44(38-36-42)57(56-39-43-23-7-8-27-48(43)50-29-15-16-33-54(50)56)55-34-18-17-32-53(55)52-31-14-13-30-51(52)49-28-12-11-26-47(49)41-21-5-2-6-22-41/h1-39H. The van der Waals surface area contributed by atoms with Gasteiger partial charge in [0, 0.05) is 16.6 Å². The molecule has 0 spiro atoms. The summed E-state index contributed by atoms with van der Waals surface area (Å²) < 4.78 is 0. The number of nitrogens with zero attached hydrogens (tertiary/aromatic N) is 1. The number of para-hydroxylation sites is 1. The van der Waals surface area contributed by atoms with Crippen LogP contribution in [0.25, 0.3) is 77.2 Å². The molecule has 10 aromatic rings. The Hall–Kier alpha value is -7.48. The maximum atomic E-state index is 2.47. The van der Waals surface area contributed by atoms with Crippen molar-refractivity contribution in [1.82, 2.24) is 0 Å². The molecule has 0 aliphatic heterocycles. The minimum atomic E-state index is 1.09. The van der Waals surface area contributed by atoms with Crippen LogP contribution in [0.4, 0.5) is 17.1 Å². The molecular weight excluding hydrogens is 687 g/mol. The molecular formula is C56H39N. The predicted octanol–water partition coefficient (Wildman–Crippen LogP) is 15.8. The summed E-state index contributed by atoms with van der Waals surface area (Å²) in [6, 6.07) is 85.7. The van der Waals surface area contributed by atoms with Gasteiger partial charge < -0.3 is 4.90 Å². The first-order valence-corrected chi connectivity index (χ1v) is 19.6. The minimum absolute atomic E-state index is 1.09. The molecule has 10 rings (SSSR count). The molecule has 0 aromatic heterocycles. The molecule has 1 heteroatoms. The van der Waals surface area contributed by atoms with Crippen LogP contribution in [-0.4, -0.2) is 0 Å². The molecule has 0 aliphatic carbocycles. The molecule has 57 heavy (non-hydrogen) atoms. The maximum absolute atomic E-state index is 2.47. The van der Waals surface area contributed by atoms with Crippen molar-refractivity contribution < 1.29 is 0 Å². The van der Waals surface area contributed by atoms with Gasteiger partial charge in [-0.25, -0.2) is 0 Å². The summed E-state index contributed by atoms with van der Waals surface area (Å²) in [6.45, 7) is 0. The maximum Gasteiger partial charge on any atom is 0.0546 e. The van der Waals surface area contributed by atoms with E-state index in [0.29, 0.717) is 0 Å². The number of fused-ring (bicyclic) bond motifs is 3. The van der Waals surface area contributed by atoms with E-state index in [0.717, 1.165) is 22.6 Å². The van der Waals surface area contributed by atoms with Crippen LogP contribution in [0.15, 0.2) is 237 Å². The predicted molar refractivity (Wildman–Crippen MR) is 243 cm³/mol. The second kappa shape index (κ2) is 15.0. The van der Waals surface area contributed by atoms with Crippen LogP contribution < -0.4 is 4.90 Å². The van der Waals surface area contributed by atoms with E-state index in [-0.39, 0.29) is 0 Å². The fourth-order valence-electron chi connectivity index (χ4n) is 8.46. The van der Waals surface area contributed by atoms with E-state index in [4.69, 9.17) is 0 Å². The Morgan fingerprint density at radius 1 is 0.228 bits per heavy atom. The second-order valence-corrected chi connectivity index (χ2v) is 14.4. The van der Waals surface area contributed by atoms with E-state index >= 15 is 0 Å². The van der Waals surface area contributed by atoms with Crippen LogP contribution in [0.2, 0.25) is 0 Å².